The normalized spacial score (nSPS) is 10.0. The first-order valence-electron chi connectivity index (χ1n) is 5.51. The summed E-state index contributed by atoms with van der Waals surface area (Å²) in [7, 11) is 1.63. The summed E-state index contributed by atoms with van der Waals surface area (Å²) in [6.07, 6.45) is 0. The molecule has 1 rings (SSSR count). The largest absolute Gasteiger partial charge is 0.494 e. The fourth-order valence-corrected chi connectivity index (χ4v) is 1.29. The molecule has 0 radical (unpaired) electrons. The van der Waals surface area contributed by atoms with Gasteiger partial charge in [0, 0.05) is 7.05 Å². The van der Waals surface area contributed by atoms with Gasteiger partial charge in [-0.1, -0.05) is 12.1 Å². The molecule has 0 unspecified atom stereocenters. The van der Waals surface area contributed by atoms with Gasteiger partial charge in [-0.2, -0.15) is 0 Å². The van der Waals surface area contributed by atoms with Gasteiger partial charge in [-0.05, 0) is 24.6 Å². The third-order valence-corrected chi connectivity index (χ3v) is 2.00. The van der Waals surface area contributed by atoms with Crippen LogP contribution >= 0.6 is 0 Å². The first-order chi connectivity index (χ1) is 8.26. The molecule has 1 amide bonds. The van der Waals surface area contributed by atoms with Gasteiger partial charge in [0.2, 0.25) is 0 Å². The number of benzene rings is 1. The summed E-state index contributed by atoms with van der Waals surface area (Å²) in [6, 6.07) is 7.60. The smallest absolute Gasteiger partial charge is 0.260 e. The lowest BCUT2D eigenvalue weighted by Crippen LogP contribution is -2.36. The molecular weight excluding hydrogens is 220 g/mol. The Balaban J connectivity index is 2.29. The molecule has 2 N–H and O–H groups in total. The molecule has 0 saturated heterocycles. The first-order valence-corrected chi connectivity index (χ1v) is 5.51. The number of ether oxygens (including phenoxy) is 2. The molecule has 0 bridgehead atoms. The second kappa shape index (κ2) is 7.65. The van der Waals surface area contributed by atoms with Gasteiger partial charge in [-0.15, -0.1) is 0 Å². The highest BCUT2D eigenvalue weighted by Crippen LogP contribution is 2.12. The molecule has 0 heterocycles. The highest BCUT2D eigenvalue weighted by atomic mass is 16.5. The van der Waals surface area contributed by atoms with E-state index in [0.717, 1.165) is 11.3 Å². The maximum absolute atomic E-state index is 11.1. The zero-order valence-corrected chi connectivity index (χ0v) is 10.2. The van der Waals surface area contributed by atoms with Crippen LogP contribution in [0.1, 0.15) is 12.5 Å². The average Bonchev–Trinajstić information content (AvgIpc) is 2.32. The molecule has 0 aliphatic carbocycles. The van der Waals surface area contributed by atoms with Crippen molar-refractivity contribution in [1.82, 2.24) is 10.9 Å². The number of carbonyl (C=O) groups is 1. The molecule has 5 nitrogen and oxygen atoms in total. The van der Waals surface area contributed by atoms with Crippen molar-refractivity contribution in [2.24, 2.45) is 0 Å². The van der Waals surface area contributed by atoms with Crippen LogP contribution < -0.4 is 15.6 Å². The summed E-state index contributed by atoms with van der Waals surface area (Å²) in [4.78, 5) is 11.1. The Kier molecular flexibility index (Phi) is 6.06. The topological polar surface area (TPSA) is 59.6 Å². The summed E-state index contributed by atoms with van der Waals surface area (Å²) in [5, 5.41) is 0. The van der Waals surface area contributed by atoms with Crippen LogP contribution in [0.3, 0.4) is 0 Å². The summed E-state index contributed by atoms with van der Waals surface area (Å²) in [5.74, 6) is 0.641. The molecule has 0 fully saturated rings. The van der Waals surface area contributed by atoms with Gasteiger partial charge in [0.05, 0.1) is 13.2 Å². The molecule has 17 heavy (non-hydrogen) atoms. The molecule has 0 aromatic heterocycles. The predicted octanol–water partition coefficient (Wildman–Crippen LogP) is 0.852. The second-order valence-corrected chi connectivity index (χ2v) is 3.37. The van der Waals surface area contributed by atoms with Gasteiger partial charge >= 0.3 is 0 Å². The molecule has 0 saturated carbocycles. The average molecular weight is 238 g/mol. The van der Waals surface area contributed by atoms with E-state index in [9.17, 15) is 4.79 Å². The Hall–Kier alpha value is -1.59. The quantitative estimate of drug-likeness (QED) is 0.691. The van der Waals surface area contributed by atoms with Crippen molar-refractivity contribution < 1.29 is 14.3 Å². The summed E-state index contributed by atoms with van der Waals surface area (Å²) in [5.41, 5.74) is 5.97. The molecule has 5 heteroatoms. The van der Waals surface area contributed by atoms with Crippen molar-refractivity contribution in [3.05, 3.63) is 29.8 Å². The lowest BCUT2D eigenvalue weighted by molar-refractivity contribution is -0.126. The molecule has 1 aromatic rings. The number of carbonyl (C=O) groups excluding carboxylic acids is 1. The number of amides is 1. The van der Waals surface area contributed by atoms with E-state index < -0.39 is 0 Å². The van der Waals surface area contributed by atoms with Crippen LogP contribution in [0.5, 0.6) is 5.75 Å². The SMILES string of the molecule is CCOc1ccc(COCC(=O)NNC)cc1. The molecular formula is C12H18N2O3. The maximum atomic E-state index is 11.1. The fourth-order valence-electron chi connectivity index (χ4n) is 1.29. The van der Waals surface area contributed by atoms with Gasteiger partial charge in [0.15, 0.2) is 0 Å². The van der Waals surface area contributed by atoms with E-state index in [2.05, 4.69) is 10.9 Å². The number of hydrazine groups is 1. The van der Waals surface area contributed by atoms with Crippen LogP contribution in [0.4, 0.5) is 0 Å². The van der Waals surface area contributed by atoms with Crippen LogP contribution in [0, 0.1) is 0 Å². The van der Waals surface area contributed by atoms with E-state index in [1.807, 2.05) is 31.2 Å². The molecule has 0 aliphatic heterocycles. The first kappa shape index (κ1) is 13.5. The van der Waals surface area contributed by atoms with E-state index >= 15 is 0 Å². The predicted molar refractivity (Wildman–Crippen MR) is 64.5 cm³/mol. The molecule has 94 valence electrons. The van der Waals surface area contributed by atoms with Crippen LogP contribution in [0.15, 0.2) is 24.3 Å². The fraction of sp³-hybridized carbons (Fsp3) is 0.417. The Morgan fingerprint density at radius 3 is 2.59 bits per heavy atom. The van der Waals surface area contributed by atoms with Crippen molar-refractivity contribution >= 4 is 5.91 Å². The van der Waals surface area contributed by atoms with Crippen LogP contribution in [-0.4, -0.2) is 26.2 Å². The Labute approximate surface area is 101 Å². The van der Waals surface area contributed by atoms with Crippen molar-refractivity contribution in [3.8, 4) is 5.75 Å². The van der Waals surface area contributed by atoms with Gasteiger partial charge in [0.25, 0.3) is 5.91 Å². The third-order valence-electron chi connectivity index (χ3n) is 2.00. The second-order valence-electron chi connectivity index (χ2n) is 3.37. The highest BCUT2D eigenvalue weighted by molar-refractivity contribution is 5.76. The lowest BCUT2D eigenvalue weighted by Gasteiger charge is -2.06. The van der Waals surface area contributed by atoms with Gasteiger partial charge in [0.1, 0.15) is 12.4 Å². The Bertz CT molecular complexity index is 338. The van der Waals surface area contributed by atoms with Crippen molar-refractivity contribution in [2.75, 3.05) is 20.3 Å². The van der Waals surface area contributed by atoms with E-state index in [-0.39, 0.29) is 12.5 Å². The molecule has 0 aliphatic rings. The zero-order chi connectivity index (χ0) is 12.5. The zero-order valence-electron chi connectivity index (χ0n) is 10.2. The number of hydrogen-bond donors (Lipinski definition) is 2. The minimum atomic E-state index is -0.196. The summed E-state index contributed by atoms with van der Waals surface area (Å²) in [6.45, 7) is 3.04. The van der Waals surface area contributed by atoms with Crippen LogP contribution in [0.2, 0.25) is 0 Å². The third kappa shape index (κ3) is 5.33. The highest BCUT2D eigenvalue weighted by Gasteiger charge is 2.00. The van der Waals surface area contributed by atoms with Crippen molar-refractivity contribution in [3.63, 3.8) is 0 Å². The van der Waals surface area contributed by atoms with E-state index in [4.69, 9.17) is 9.47 Å². The van der Waals surface area contributed by atoms with Gasteiger partial charge < -0.3 is 9.47 Å². The minimum Gasteiger partial charge on any atom is -0.494 e. The van der Waals surface area contributed by atoms with E-state index in [1.54, 1.807) is 7.05 Å². The summed E-state index contributed by atoms with van der Waals surface area (Å²) >= 11 is 0. The Morgan fingerprint density at radius 1 is 1.29 bits per heavy atom. The maximum Gasteiger partial charge on any atom is 0.260 e. The molecule has 1 aromatic carbocycles. The van der Waals surface area contributed by atoms with Crippen LogP contribution in [0.25, 0.3) is 0 Å². The van der Waals surface area contributed by atoms with E-state index in [1.165, 1.54) is 0 Å². The van der Waals surface area contributed by atoms with Crippen molar-refractivity contribution in [1.29, 1.82) is 0 Å². The number of rotatable bonds is 7. The lowest BCUT2D eigenvalue weighted by atomic mass is 10.2. The van der Waals surface area contributed by atoms with E-state index in [0.29, 0.717) is 13.2 Å². The standard InChI is InChI=1S/C12H18N2O3/c1-3-17-11-6-4-10(5-7-11)8-16-9-12(15)14-13-2/h4-7,13H,3,8-9H2,1-2H3,(H,14,15). The van der Waals surface area contributed by atoms with Gasteiger partial charge in [-0.3, -0.25) is 10.2 Å². The minimum absolute atomic E-state index is 0.0358. The molecule has 0 spiro atoms. The number of nitrogens with one attached hydrogen (secondary N) is 2. The van der Waals surface area contributed by atoms with Crippen molar-refractivity contribution in [2.45, 2.75) is 13.5 Å². The van der Waals surface area contributed by atoms with Crippen LogP contribution in [-0.2, 0) is 16.1 Å². The molecule has 0 atom stereocenters. The monoisotopic (exact) mass is 238 g/mol. The number of hydrogen-bond acceptors (Lipinski definition) is 4. The summed E-state index contributed by atoms with van der Waals surface area (Å²) < 4.78 is 10.6. The van der Waals surface area contributed by atoms with Gasteiger partial charge in [-0.25, -0.2) is 5.43 Å². The Morgan fingerprint density at radius 2 is 2.00 bits per heavy atom.